The largest absolute Gasteiger partial charge is 0.496 e. The zero-order valence-electron chi connectivity index (χ0n) is 13.5. The summed E-state index contributed by atoms with van der Waals surface area (Å²) in [5, 5.41) is 0. The molecule has 1 saturated carbocycles. The van der Waals surface area contributed by atoms with Crippen LogP contribution in [0.5, 0.6) is 5.75 Å². The van der Waals surface area contributed by atoms with E-state index in [9.17, 15) is 0 Å². The summed E-state index contributed by atoms with van der Waals surface area (Å²) >= 11 is 0. The highest BCUT2D eigenvalue weighted by molar-refractivity contribution is 5.45. The van der Waals surface area contributed by atoms with E-state index in [1.165, 1.54) is 36.8 Å². The first-order chi connectivity index (χ1) is 9.49. The molecule has 112 valence electrons. The summed E-state index contributed by atoms with van der Waals surface area (Å²) in [7, 11) is 1.77. The van der Waals surface area contributed by atoms with Crippen LogP contribution in [0.15, 0.2) is 18.2 Å². The van der Waals surface area contributed by atoms with Gasteiger partial charge in [-0.3, -0.25) is 0 Å². The van der Waals surface area contributed by atoms with Gasteiger partial charge in [-0.2, -0.15) is 0 Å². The topological polar surface area (TPSA) is 35.2 Å². The fourth-order valence-electron chi connectivity index (χ4n) is 3.38. The molecule has 0 radical (unpaired) electrons. The van der Waals surface area contributed by atoms with Gasteiger partial charge in [-0.25, -0.2) is 0 Å². The minimum absolute atomic E-state index is 0.130. The first-order valence-corrected chi connectivity index (χ1v) is 7.88. The first kappa shape index (κ1) is 15.4. The Morgan fingerprint density at radius 3 is 2.40 bits per heavy atom. The van der Waals surface area contributed by atoms with Crippen molar-refractivity contribution in [1.82, 2.24) is 0 Å². The summed E-state index contributed by atoms with van der Waals surface area (Å²) in [4.78, 5) is 0. The lowest BCUT2D eigenvalue weighted by Crippen LogP contribution is -2.33. The summed E-state index contributed by atoms with van der Waals surface area (Å²) in [5.74, 6) is 1.01. The summed E-state index contributed by atoms with van der Waals surface area (Å²) in [5.41, 5.74) is 9.23. The van der Waals surface area contributed by atoms with E-state index in [1.807, 2.05) is 0 Å². The van der Waals surface area contributed by atoms with Crippen LogP contribution < -0.4 is 10.5 Å². The van der Waals surface area contributed by atoms with Crippen molar-refractivity contribution in [2.45, 2.75) is 63.7 Å². The molecule has 0 atom stereocenters. The molecule has 2 heteroatoms. The molecule has 0 aromatic heterocycles. The highest BCUT2D eigenvalue weighted by atomic mass is 16.5. The van der Waals surface area contributed by atoms with Crippen LogP contribution >= 0.6 is 0 Å². The van der Waals surface area contributed by atoms with Crippen molar-refractivity contribution < 1.29 is 4.74 Å². The molecular weight excluding hydrogens is 246 g/mol. The van der Waals surface area contributed by atoms with Crippen molar-refractivity contribution in [1.29, 1.82) is 0 Å². The minimum atomic E-state index is 0.130. The number of hydrogen-bond acceptors (Lipinski definition) is 2. The van der Waals surface area contributed by atoms with E-state index >= 15 is 0 Å². The standard InChI is InChI=1S/C18H29NO/c1-5-17(2,3)14-8-9-16(20-4)15(12-14)18(13-19)10-6-7-11-18/h8-9,12H,5-7,10-11,13,19H2,1-4H3. The summed E-state index contributed by atoms with van der Waals surface area (Å²) in [6.45, 7) is 7.59. The second-order valence-electron chi connectivity index (χ2n) is 6.84. The monoisotopic (exact) mass is 275 g/mol. The molecule has 0 amide bonds. The molecule has 1 aromatic carbocycles. The van der Waals surface area contributed by atoms with E-state index in [4.69, 9.17) is 10.5 Å². The molecule has 2 N–H and O–H groups in total. The van der Waals surface area contributed by atoms with E-state index in [0.29, 0.717) is 0 Å². The van der Waals surface area contributed by atoms with Gasteiger partial charge in [0.25, 0.3) is 0 Å². The van der Waals surface area contributed by atoms with Gasteiger partial charge in [0.05, 0.1) is 7.11 Å². The smallest absolute Gasteiger partial charge is 0.122 e. The second kappa shape index (κ2) is 5.77. The van der Waals surface area contributed by atoms with Crippen LogP contribution in [0.4, 0.5) is 0 Å². The Kier molecular flexibility index (Phi) is 4.43. The van der Waals surface area contributed by atoms with Gasteiger partial charge in [0.15, 0.2) is 0 Å². The second-order valence-corrected chi connectivity index (χ2v) is 6.84. The van der Waals surface area contributed by atoms with E-state index in [0.717, 1.165) is 18.7 Å². The zero-order chi connectivity index (χ0) is 14.8. The molecule has 2 nitrogen and oxygen atoms in total. The number of nitrogens with two attached hydrogens (primary N) is 1. The highest BCUT2D eigenvalue weighted by Crippen LogP contribution is 2.45. The lowest BCUT2D eigenvalue weighted by molar-refractivity contribution is 0.376. The first-order valence-electron chi connectivity index (χ1n) is 7.88. The van der Waals surface area contributed by atoms with Crippen molar-refractivity contribution in [2.24, 2.45) is 5.73 Å². The van der Waals surface area contributed by atoms with E-state index in [-0.39, 0.29) is 10.8 Å². The molecule has 1 fully saturated rings. The normalized spacial score (nSPS) is 18.2. The van der Waals surface area contributed by atoms with Crippen LogP contribution in [0.2, 0.25) is 0 Å². The Bertz CT molecular complexity index is 458. The van der Waals surface area contributed by atoms with Crippen molar-refractivity contribution in [3.8, 4) is 5.75 Å². The van der Waals surface area contributed by atoms with Gasteiger partial charge in [0.1, 0.15) is 5.75 Å². The third kappa shape index (κ3) is 2.58. The highest BCUT2D eigenvalue weighted by Gasteiger charge is 2.37. The minimum Gasteiger partial charge on any atom is -0.496 e. The van der Waals surface area contributed by atoms with Crippen LogP contribution in [0.25, 0.3) is 0 Å². The van der Waals surface area contributed by atoms with Crippen LogP contribution in [-0.4, -0.2) is 13.7 Å². The lowest BCUT2D eigenvalue weighted by Gasteiger charge is -2.32. The molecule has 0 unspecified atom stereocenters. The van der Waals surface area contributed by atoms with Crippen molar-refractivity contribution in [3.63, 3.8) is 0 Å². The van der Waals surface area contributed by atoms with Gasteiger partial charge >= 0.3 is 0 Å². The molecule has 2 rings (SSSR count). The number of ether oxygens (including phenoxy) is 1. The molecule has 0 spiro atoms. The van der Waals surface area contributed by atoms with E-state index in [2.05, 4.69) is 39.0 Å². The Morgan fingerprint density at radius 2 is 1.90 bits per heavy atom. The molecule has 0 heterocycles. The molecule has 1 aliphatic carbocycles. The fraction of sp³-hybridized carbons (Fsp3) is 0.667. The fourth-order valence-corrected chi connectivity index (χ4v) is 3.38. The molecule has 1 aliphatic rings. The quantitative estimate of drug-likeness (QED) is 0.876. The van der Waals surface area contributed by atoms with E-state index < -0.39 is 0 Å². The van der Waals surface area contributed by atoms with Crippen molar-refractivity contribution >= 4 is 0 Å². The third-order valence-corrected chi connectivity index (χ3v) is 5.39. The van der Waals surface area contributed by atoms with Crippen molar-refractivity contribution in [3.05, 3.63) is 29.3 Å². The molecule has 1 aromatic rings. The van der Waals surface area contributed by atoms with Gasteiger partial charge in [-0.05, 0) is 36.3 Å². The average molecular weight is 275 g/mol. The van der Waals surface area contributed by atoms with Gasteiger partial charge in [-0.1, -0.05) is 45.7 Å². The summed E-state index contributed by atoms with van der Waals surface area (Å²) in [6.07, 6.45) is 6.07. The molecule has 0 saturated heterocycles. The van der Waals surface area contributed by atoms with Crippen LogP contribution in [-0.2, 0) is 10.8 Å². The maximum Gasteiger partial charge on any atom is 0.122 e. The number of rotatable bonds is 5. The maximum absolute atomic E-state index is 6.16. The molecular formula is C18H29NO. The Hall–Kier alpha value is -1.02. The third-order valence-electron chi connectivity index (χ3n) is 5.39. The van der Waals surface area contributed by atoms with Gasteiger partial charge in [0.2, 0.25) is 0 Å². The number of benzene rings is 1. The summed E-state index contributed by atoms with van der Waals surface area (Å²) < 4.78 is 5.63. The molecule has 20 heavy (non-hydrogen) atoms. The van der Waals surface area contributed by atoms with E-state index in [1.54, 1.807) is 7.11 Å². The van der Waals surface area contributed by atoms with Gasteiger partial charge in [-0.15, -0.1) is 0 Å². The Morgan fingerprint density at radius 1 is 1.25 bits per heavy atom. The summed E-state index contributed by atoms with van der Waals surface area (Å²) in [6, 6.07) is 6.71. The number of hydrogen-bond donors (Lipinski definition) is 1. The van der Waals surface area contributed by atoms with Crippen LogP contribution in [0.1, 0.15) is 64.0 Å². The number of methoxy groups -OCH3 is 1. The molecule has 0 bridgehead atoms. The van der Waals surface area contributed by atoms with Gasteiger partial charge in [0, 0.05) is 17.5 Å². The molecule has 0 aliphatic heterocycles. The SMILES string of the molecule is CCC(C)(C)c1ccc(OC)c(C2(CN)CCCC2)c1. The Balaban J connectivity index is 2.52. The lowest BCUT2D eigenvalue weighted by atomic mass is 9.74. The maximum atomic E-state index is 6.16. The average Bonchev–Trinajstić information content (AvgIpc) is 2.96. The van der Waals surface area contributed by atoms with Crippen molar-refractivity contribution in [2.75, 3.05) is 13.7 Å². The zero-order valence-corrected chi connectivity index (χ0v) is 13.5. The van der Waals surface area contributed by atoms with Crippen LogP contribution in [0.3, 0.4) is 0 Å². The predicted molar refractivity (Wildman–Crippen MR) is 85.5 cm³/mol. The predicted octanol–water partition coefficient (Wildman–Crippen LogP) is 4.15. The Labute approximate surface area is 123 Å². The van der Waals surface area contributed by atoms with Crippen LogP contribution in [0, 0.1) is 0 Å². The van der Waals surface area contributed by atoms with Gasteiger partial charge < -0.3 is 10.5 Å².